The van der Waals surface area contributed by atoms with Gasteiger partial charge in [0.2, 0.25) is 5.91 Å². The predicted molar refractivity (Wildman–Crippen MR) is 114 cm³/mol. The fourth-order valence-electron chi connectivity index (χ4n) is 4.15. The summed E-state index contributed by atoms with van der Waals surface area (Å²) in [6, 6.07) is 12.6. The van der Waals surface area contributed by atoms with Crippen molar-refractivity contribution in [1.82, 2.24) is 20.0 Å². The molecule has 1 fully saturated rings. The molecule has 2 aromatic carbocycles. The van der Waals surface area contributed by atoms with Crippen LogP contribution in [0.5, 0.6) is 0 Å². The number of urea groups is 1. The second kappa shape index (κ2) is 7.92. The summed E-state index contributed by atoms with van der Waals surface area (Å²) >= 11 is 0. The second-order valence-electron chi connectivity index (χ2n) is 7.81. The Kier molecular flexibility index (Phi) is 4.93. The first kappa shape index (κ1) is 19.9. The summed E-state index contributed by atoms with van der Waals surface area (Å²) in [5, 5.41) is 9.89. The summed E-state index contributed by atoms with van der Waals surface area (Å²) in [5.74, 6) is -0.953. The number of carbonyl (C=O) groups excluding carboxylic acids is 3. The van der Waals surface area contributed by atoms with Gasteiger partial charge >= 0.3 is 6.03 Å². The Balaban J connectivity index is 1.38. The van der Waals surface area contributed by atoms with Gasteiger partial charge in [-0.25, -0.2) is 13.9 Å². The first-order chi connectivity index (χ1) is 15.5. The number of nitrogens with zero attached hydrogens (tertiary/aromatic N) is 3. The van der Waals surface area contributed by atoms with Gasteiger partial charge in [0.1, 0.15) is 5.82 Å². The van der Waals surface area contributed by atoms with Gasteiger partial charge in [-0.3, -0.25) is 14.5 Å². The fourth-order valence-corrected chi connectivity index (χ4v) is 4.15. The van der Waals surface area contributed by atoms with Gasteiger partial charge in [0.05, 0.1) is 18.8 Å². The molecule has 0 bridgehead atoms. The number of aromatic nitrogens is 2. The van der Waals surface area contributed by atoms with Crippen molar-refractivity contribution in [2.24, 2.45) is 0 Å². The van der Waals surface area contributed by atoms with Crippen LogP contribution in [0.1, 0.15) is 33.7 Å². The molecular weight excluding hydrogens is 413 g/mol. The molecule has 1 aliphatic heterocycles. The number of rotatable bonds is 5. The van der Waals surface area contributed by atoms with Crippen LogP contribution in [-0.4, -0.2) is 39.1 Å². The molecule has 1 aliphatic carbocycles. The van der Waals surface area contributed by atoms with Crippen LogP contribution in [0.3, 0.4) is 0 Å². The van der Waals surface area contributed by atoms with Crippen molar-refractivity contribution in [3.63, 3.8) is 0 Å². The number of benzene rings is 2. The van der Waals surface area contributed by atoms with E-state index in [1.54, 1.807) is 41.1 Å². The van der Waals surface area contributed by atoms with Gasteiger partial charge < -0.3 is 10.6 Å². The molecule has 1 saturated heterocycles. The zero-order valence-corrected chi connectivity index (χ0v) is 17.1. The van der Waals surface area contributed by atoms with Crippen LogP contribution >= 0.6 is 0 Å². The third-order valence-corrected chi connectivity index (χ3v) is 5.68. The first-order valence-electron chi connectivity index (χ1n) is 10.3. The molecule has 2 heterocycles. The van der Waals surface area contributed by atoms with E-state index in [1.165, 1.54) is 12.1 Å². The Morgan fingerprint density at radius 3 is 2.69 bits per heavy atom. The molecule has 0 saturated carbocycles. The van der Waals surface area contributed by atoms with Crippen LogP contribution in [0.25, 0.3) is 5.69 Å². The highest BCUT2D eigenvalue weighted by molar-refractivity contribution is 6.04. The monoisotopic (exact) mass is 433 g/mol. The largest absolute Gasteiger partial charge is 0.329 e. The molecule has 4 amide bonds. The number of carbonyl (C=O) groups is 3. The van der Waals surface area contributed by atoms with E-state index in [4.69, 9.17) is 0 Å². The summed E-state index contributed by atoms with van der Waals surface area (Å²) < 4.78 is 15.0. The lowest BCUT2D eigenvalue weighted by Gasteiger charge is -2.13. The van der Waals surface area contributed by atoms with Crippen molar-refractivity contribution in [3.05, 3.63) is 76.9 Å². The lowest BCUT2D eigenvalue weighted by molar-refractivity contribution is -0.125. The van der Waals surface area contributed by atoms with Gasteiger partial charge in [-0.1, -0.05) is 12.1 Å². The van der Waals surface area contributed by atoms with E-state index < -0.39 is 6.03 Å². The van der Waals surface area contributed by atoms with Crippen LogP contribution in [-0.2, 0) is 24.2 Å². The quantitative estimate of drug-likeness (QED) is 0.605. The Hall–Kier alpha value is -4.01. The summed E-state index contributed by atoms with van der Waals surface area (Å²) in [6.45, 7) is 0.125. The van der Waals surface area contributed by atoms with Gasteiger partial charge in [0.15, 0.2) is 5.69 Å². The third-order valence-electron chi connectivity index (χ3n) is 5.68. The highest BCUT2D eigenvalue weighted by atomic mass is 19.1. The fraction of sp³-hybridized carbons (Fsp3) is 0.217. The predicted octanol–water partition coefficient (Wildman–Crippen LogP) is 2.80. The molecule has 0 spiro atoms. The number of imide groups is 1. The van der Waals surface area contributed by atoms with Crippen molar-refractivity contribution >= 4 is 23.5 Å². The van der Waals surface area contributed by atoms with E-state index in [0.29, 0.717) is 17.1 Å². The Labute approximate surface area is 183 Å². The molecule has 8 nitrogen and oxygen atoms in total. The summed E-state index contributed by atoms with van der Waals surface area (Å²) in [4.78, 5) is 37.8. The standard InChI is InChI=1S/C23H20FN5O3/c24-15-7-9-17(10-8-15)29-19-6-2-5-18(19)21(27-29)22(31)26-16-4-1-3-14(11-16)13-28-20(30)12-25-23(28)32/h1,3-4,7-11H,2,5-6,12-13H2,(H,25,32)(H,26,31). The maximum absolute atomic E-state index is 13.3. The highest BCUT2D eigenvalue weighted by Crippen LogP contribution is 2.28. The normalized spacial score (nSPS) is 15.1. The van der Waals surface area contributed by atoms with Crippen molar-refractivity contribution in [1.29, 1.82) is 0 Å². The molecule has 32 heavy (non-hydrogen) atoms. The smallest absolute Gasteiger partial charge is 0.324 e. The molecule has 2 N–H and O–H groups in total. The lowest BCUT2D eigenvalue weighted by Crippen LogP contribution is -2.30. The Morgan fingerprint density at radius 2 is 1.94 bits per heavy atom. The highest BCUT2D eigenvalue weighted by Gasteiger charge is 2.29. The zero-order valence-electron chi connectivity index (χ0n) is 17.1. The molecular formula is C23H20FN5O3. The van der Waals surface area contributed by atoms with E-state index in [1.807, 2.05) is 0 Å². The zero-order chi connectivity index (χ0) is 22.2. The van der Waals surface area contributed by atoms with E-state index in [9.17, 15) is 18.8 Å². The molecule has 0 atom stereocenters. The van der Waals surface area contributed by atoms with E-state index in [2.05, 4.69) is 15.7 Å². The molecule has 2 aliphatic rings. The van der Waals surface area contributed by atoms with Gasteiger partial charge in [0.25, 0.3) is 5.91 Å². The lowest BCUT2D eigenvalue weighted by atomic mass is 10.1. The van der Waals surface area contributed by atoms with E-state index in [-0.39, 0.29) is 30.7 Å². The first-order valence-corrected chi connectivity index (χ1v) is 10.3. The van der Waals surface area contributed by atoms with Crippen LogP contribution in [0.2, 0.25) is 0 Å². The van der Waals surface area contributed by atoms with E-state index >= 15 is 0 Å². The molecule has 5 rings (SSSR count). The maximum Gasteiger partial charge on any atom is 0.324 e. The SMILES string of the molecule is O=C(Nc1cccc(CN2C(=O)CNC2=O)c1)c1nn(-c2ccc(F)cc2)c2c1CCC2. The average molecular weight is 433 g/mol. The van der Waals surface area contributed by atoms with Crippen LogP contribution in [0.15, 0.2) is 48.5 Å². The van der Waals surface area contributed by atoms with Crippen LogP contribution in [0.4, 0.5) is 14.9 Å². The van der Waals surface area contributed by atoms with Crippen molar-refractivity contribution in [3.8, 4) is 5.69 Å². The van der Waals surface area contributed by atoms with Crippen molar-refractivity contribution < 1.29 is 18.8 Å². The number of anilines is 1. The van der Waals surface area contributed by atoms with Crippen LogP contribution in [0, 0.1) is 5.82 Å². The minimum atomic E-state index is -0.425. The minimum absolute atomic E-state index is 0.00289. The Morgan fingerprint density at radius 1 is 1.12 bits per heavy atom. The molecule has 3 aromatic rings. The molecule has 0 radical (unpaired) electrons. The van der Waals surface area contributed by atoms with Crippen LogP contribution < -0.4 is 10.6 Å². The number of hydrogen-bond donors (Lipinski definition) is 2. The number of fused-ring (bicyclic) bond motifs is 1. The van der Waals surface area contributed by atoms with E-state index in [0.717, 1.165) is 41.0 Å². The number of nitrogens with one attached hydrogen (secondary N) is 2. The number of amides is 4. The number of halogens is 1. The molecule has 9 heteroatoms. The topological polar surface area (TPSA) is 96.3 Å². The van der Waals surface area contributed by atoms with Gasteiger partial charge in [-0.2, -0.15) is 5.10 Å². The molecule has 162 valence electrons. The Bertz CT molecular complexity index is 1220. The third kappa shape index (κ3) is 3.62. The van der Waals surface area contributed by atoms with Crippen molar-refractivity contribution in [2.45, 2.75) is 25.8 Å². The van der Waals surface area contributed by atoms with Gasteiger partial charge in [0, 0.05) is 16.9 Å². The van der Waals surface area contributed by atoms with Gasteiger partial charge in [-0.15, -0.1) is 0 Å². The second-order valence-corrected chi connectivity index (χ2v) is 7.81. The summed E-state index contributed by atoms with van der Waals surface area (Å²) in [5.41, 5.74) is 4.19. The molecule has 1 aromatic heterocycles. The summed E-state index contributed by atoms with van der Waals surface area (Å²) in [7, 11) is 0. The number of hydrogen-bond acceptors (Lipinski definition) is 4. The maximum atomic E-state index is 13.3. The average Bonchev–Trinajstić information content (AvgIpc) is 3.47. The van der Waals surface area contributed by atoms with Crippen molar-refractivity contribution in [2.75, 3.05) is 11.9 Å². The minimum Gasteiger partial charge on any atom is -0.329 e. The van der Waals surface area contributed by atoms with Gasteiger partial charge in [-0.05, 0) is 61.2 Å². The summed E-state index contributed by atoms with van der Waals surface area (Å²) in [6.07, 6.45) is 2.48. The molecule has 0 unspecified atom stereocenters.